The van der Waals surface area contributed by atoms with Crippen LogP contribution in [-0.2, 0) is 21.1 Å². The van der Waals surface area contributed by atoms with E-state index in [2.05, 4.69) is 69.5 Å². The van der Waals surface area contributed by atoms with E-state index in [1.54, 1.807) is 11.8 Å². The minimum absolute atomic E-state index is 0.703. The molecule has 4 aromatic rings. The van der Waals surface area contributed by atoms with Gasteiger partial charge in [-0.25, -0.2) is 4.57 Å². The third-order valence-corrected chi connectivity index (χ3v) is 8.57. The van der Waals surface area contributed by atoms with Crippen molar-refractivity contribution in [3.05, 3.63) is 76.0 Å². The number of hydrogen-bond donors (Lipinski definition) is 0. The second-order valence-electron chi connectivity index (χ2n) is 8.32. The van der Waals surface area contributed by atoms with Crippen LogP contribution < -0.4 is 4.48 Å². The molecule has 0 saturated carbocycles. The molecule has 32 heavy (non-hydrogen) atoms. The van der Waals surface area contributed by atoms with Crippen molar-refractivity contribution >= 4 is 53.4 Å². The molecule has 0 aliphatic carbocycles. The molecule has 0 unspecified atom stereocenters. The molecule has 0 radical (unpaired) electrons. The normalized spacial score (nSPS) is 16.1. The average molecular weight is 481 g/mol. The Hall–Kier alpha value is -2.63. The number of aryl methyl sites for hydroxylation is 5. The zero-order chi connectivity index (χ0) is 22.8. The molecule has 164 valence electrons. The number of aromatic nitrogens is 6. The Kier molecular flexibility index (Phi) is 4.95. The molecule has 11 heteroatoms. The van der Waals surface area contributed by atoms with Crippen molar-refractivity contribution in [2.24, 2.45) is 26.1 Å². The highest BCUT2D eigenvalue weighted by molar-refractivity contribution is 8.18. The monoisotopic (exact) mass is 481 g/mol. The molecular formula is C21H24BN7S3. The predicted octanol–water partition coefficient (Wildman–Crippen LogP) is 3.93. The third-order valence-electron chi connectivity index (χ3n) is 6.27. The summed E-state index contributed by atoms with van der Waals surface area (Å²) in [5.74, 6) is 0. The number of fused-ring (bicyclic) bond motifs is 1. The summed E-state index contributed by atoms with van der Waals surface area (Å²) in [5, 5.41) is 1.08. The van der Waals surface area contributed by atoms with Gasteiger partial charge in [0.2, 0.25) is 0 Å². The molecule has 0 N–H and O–H groups in total. The van der Waals surface area contributed by atoms with Crippen molar-refractivity contribution in [3.63, 3.8) is 0 Å². The van der Waals surface area contributed by atoms with Crippen LogP contribution >= 0.6 is 36.2 Å². The standard InChI is InChI=1S/C21H24BN7S3/c1-15-7-6-8-16(2)17(15)23-18-22(27-12-9-24(3)19(27)30,28-13-10-25(4)20(28)31)29-14-11-26(5)21(29)32-18/h6-14H,1-5H3. The lowest BCUT2D eigenvalue weighted by atomic mass is 9.59. The van der Waals surface area contributed by atoms with Gasteiger partial charge in [0, 0.05) is 31.4 Å². The lowest BCUT2D eigenvalue weighted by Gasteiger charge is -2.36. The van der Waals surface area contributed by atoms with Crippen molar-refractivity contribution in [2.75, 3.05) is 0 Å². The van der Waals surface area contributed by atoms with Gasteiger partial charge in [-0.15, -0.1) is 0 Å². The molecule has 3 aromatic heterocycles. The van der Waals surface area contributed by atoms with E-state index >= 15 is 0 Å². The molecule has 1 aromatic carbocycles. The largest absolute Gasteiger partial charge is 0.450 e. The van der Waals surface area contributed by atoms with Crippen LogP contribution in [0, 0.1) is 23.4 Å². The van der Waals surface area contributed by atoms with Gasteiger partial charge in [-0.05, 0) is 73.6 Å². The molecule has 0 saturated heterocycles. The van der Waals surface area contributed by atoms with Crippen molar-refractivity contribution in [3.8, 4) is 0 Å². The second kappa shape index (κ2) is 7.46. The van der Waals surface area contributed by atoms with Crippen molar-refractivity contribution in [1.82, 2.24) is 22.7 Å². The Morgan fingerprint density at radius 3 is 1.91 bits per heavy atom. The SMILES string of the molecule is Cc1cccc(C)c1N=C1Sc2n(C)cc[n+]2[B-]1(n1ccn(C)c1=S)n1ccn(C)c1=S. The third kappa shape index (κ3) is 2.81. The van der Waals surface area contributed by atoms with Crippen LogP contribution in [0.4, 0.5) is 5.69 Å². The van der Waals surface area contributed by atoms with Crippen molar-refractivity contribution < 1.29 is 4.48 Å². The van der Waals surface area contributed by atoms with Gasteiger partial charge in [0.15, 0.2) is 0 Å². The Balaban J connectivity index is 1.96. The van der Waals surface area contributed by atoms with Crippen molar-refractivity contribution in [1.29, 1.82) is 0 Å². The molecule has 0 bridgehead atoms. The number of hydrogen-bond acceptors (Lipinski definition) is 4. The highest BCUT2D eigenvalue weighted by Gasteiger charge is 2.53. The number of benzene rings is 1. The van der Waals surface area contributed by atoms with Gasteiger partial charge in [-0.3, -0.25) is 4.99 Å². The summed E-state index contributed by atoms with van der Waals surface area (Å²) in [5.41, 5.74) is 3.26. The summed E-state index contributed by atoms with van der Waals surface area (Å²) in [6, 6.07) is 6.27. The van der Waals surface area contributed by atoms with Gasteiger partial charge < -0.3 is 22.6 Å². The van der Waals surface area contributed by atoms with Crippen LogP contribution in [0.1, 0.15) is 11.1 Å². The predicted molar refractivity (Wildman–Crippen MR) is 135 cm³/mol. The van der Waals surface area contributed by atoms with E-state index < -0.39 is 6.55 Å². The summed E-state index contributed by atoms with van der Waals surface area (Å²) < 4.78 is 14.0. The number of aliphatic imine (C=N–C) groups is 1. The molecule has 1 aliphatic rings. The molecule has 0 atom stereocenters. The first kappa shape index (κ1) is 21.2. The van der Waals surface area contributed by atoms with Gasteiger partial charge in [-0.2, -0.15) is 0 Å². The highest BCUT2D eigenvalue weighted by Crippen LogP contribution is 2.35. The van der Waals surface area contributed by atoms with Gasteiger partial charge in [0.05, 0.1) is 18.9 Å². The number of para-hydroxylation sites is 1. The fourth-order valence-electron chi connectivity index (χ4n) is 4.52. The van der Waals surface area contributed by atoms with Crippen LogP contribution in [0.3, 0.4) is 0 Å². The van der Waals surface area contributed by atoms with Crippen LogP contribution in [0.25, 0.3) is 0 Å². The van der Waals surface area contributed by atoms with Gasteiger partial charge in [0.25, 0.3) is 5.16 Å². The fraction of sp³-hybridized carbons (Fsp3) is 0.238. The number of thioether (sulfide) groups is 1. The molecule has 4 heterocycles. The van der Waals surface area contributed by atoms with Crippen LogP contribution in [-0.4, -0.2) is 34.2 Å². The van der Waals surface area contributed by atoms with E-state index in [0.717, 1.165) is 26.9 Å². The topological polar surface area (TPSA) is 40.9 Å². The van der Waals surface area contributed by atoms with Crippen LogP contribution in [0.5, 0.6) is 0 Å². The van der Waals surface area contributed by atoms with Crippen LogP contribution in [0.15, 0.2) is 65.5 Å². The zero-order valence-electron chi connectivity index (χ0n) is 18.6. The Bertz CT molecular complexity index is 1440. The summed E-state index contributed by atoms with van der Waals surface area (Å²) in [7, 11) is 5.98. The minimum atomic E-state index is -1.84. The van der Waals surface area contributed by atoms with E-state index in [0.29, 0.717) is 9.54 Å². The first-order valence-corrected chi connectivity index (χ1v) is 11.9. The second-order valence-corrected chi connectivity index (χ2v) is 10.0. The summed E-state index contributed by atoms with van der Waals surface area (Å²) in [6.45, 7) is 2.36. The molecule has 7 nitrogen and oxygen atoms in total. The van der Waals surface area contributed by atoms with E-state index in [1.807, 2.05) is 48.0 Å². The highest BCUT2D eigenvalue weighted by atomic mass is 32.2. The van der Waals surface area contributed by atoms with E-state index in [-0.39, 0.29) is 0 Å². The lowest BCUT2D eigenvalue weighted by molar-refractivity contribution is -0.589. The number of rotatable bonds is 3. The summed E-state index contributed by atoms with van der Waals surface area (Å²) in [6.07, 6.45) is 12.2. The first-order valence-electron chi connectivity index (χ1n) is 10.3. The smallest absolute Gasteiger partial charge is 0.434 e. The first-order chi connectivity index (χ1) is 15.3. The maximum absolute atomic E-state index is 5.89. The minimum Gasteiger partial charge on any atom is -0.434 e. The zero-order valence-corrected chi connectivity index (χ0v) is 21.1. The summed E-state index contributed by atoms with van der Waals surface area (Å²) in [4.78, 5) is 6.26. The average Bonchev–Trinajstić information content (AvgIpc) is 3.47. The number of imidazole rings is 3. The fourth-order valence-corrected chi connectivity index (χ4v) is 6.40. The Morgan fingerprint density at radius 1 is 0.844 bits per heavy atom. The molecule has 0 fully saturated rings. The summed E-state index contributed by atoms with van der Waals surface area (Å²) >= 11 is 13.5. The maximum atomic E-state index is 5.89. The van der Waals surface area contributed by atoms with E-state index in [9.17, 15) is 0 Å². The lowest BCUT2D eigenvalue weighted by Crippen LogP contribution is -2.75. The van der Waals surface area contributed by atoms with Crippen molar-refractivity contribution in [2.45, 2.75) is 19.0 Å². The van der Waals surface area contributed by atoms with E-state index in [4.69, 9.17) is 29.4 Å². The molecular weight excluding hydrogens is 457 g/mol. The Labute approximate surface area is 201 Å². The molecule has 1 aliphatic heterocycles. The molecule has 0 spiro atoms. The quantitative estimate of drug-likeness (QED) is 0.329. The van der Waals surface area contributed by atoms with E-state index in [1.165, 1.54) is 0 Å². The maximum Gasteiger partial charge on any atom is 0.450 e. The van der Waals surface area contributed by atoms with Gasteiger partial charge in [0.1, 0.15) is 15.7 Å². The van der Waals surface area contributed by atoms with Gasteiger partial charge in [-0.1, -0.05) is 18.2 Å². The van der Waals surface area contributed by atoms with Gasteiger partial charge >= 0.3 is 6.55 Å². The Morgan fingerprint density at radius 2 is 1.41 bits per heavy atom. The molecule has 0 amide bonds. The van der Waals surface area contributed by atoms with Crippen LogP contribution in [0.2, 0.25) is 0 Å². The molecule has 5 rings (SSSR count). The number of nitrogens with zero attached hydrogens (tertiary/aromatic N) is 7.